The fourth-order valence-corrected chi connectivity index (χ4v) is 3.58. The van der Waals surface area contributed by atoms with Gasteiger partial charge < -0.3 is 21.8 Å². The molecule has 3 aromatic rings. The molecule has 0 unspecified atom stereocenters. The van der Waals surface area contributed by atoms with Gasteiger partial charge in [-0.25, -0.2) is 0 Å². The van der Waals surface area contributed by atoms with Crippen molar-refractivity contribution in [2.45, 2.75) is 19.3 Å². The number of nitro groups is 1. The fraction of sp³-hybridized carbons (Fsp3) is 0.150. The van der Waals surface area contributed by atoms with E-state index in [4.69, 9.17) is 11.5 Å². The summed E-state index contributed by atoms with van der Waals surface area (Å²) >= 11 is 0. The largest absolute Gasteiger partial charge is 0.369 e. The molecule has 1 amide bonds. The molecule has 0 radical (unpaired) electrons. The molecule has 152 valence electrons. The molecular weight excluding hydrogens is 386 g/mol. The van der Waals surface area contributed by atoms with Crippen LogP contribution in [-0.2, 0) is 6.42 Å². The van der Waals surface area contributed by atoms with Crippen LogP contribution in [0.25, 0.3) is 10.9 Å². The third-order valence-electron chi connectivity index (χ3n) is 4.90. The van der Waals surface area contributed by atoms with E-state index in [9.17, 15) is 14.9 Å². The lowest BCUT2D eigenvalue weighted by molar-refractivity contribution is -0.383. The van der Waals surface area contributed by atoms with Gasteiger partial charge in [-0.15, -0.1) is 5.10 Å². The number of aromatic amines is 1. The highest BCUT2D eigenvalue weighted by atomic mass is 16.6. The summed E-state index contributed by atoms with van der Waals surface area (Å²) in [4.78, 5) is 26.2. The number of fused-ring (bicyclic) bond motifs is 2. The highest BCUT2D eigenvalue weighted by Crippen LogP contribution is 2.27. The number of hydrogen-bond acceptors (Lipinski definition) is 5. The normalized spacial score (nSPS) is 14.3. The van der Waals surface area contributed by atoms with E-state index in [2.05, 4.69) is 20.5 Å². The number of non-ortho nitro benzene ring substituents is 1. The van der Waals surface area contributed by atoms with Crippen molar-refractivity contribution in [3.05, 3.63) is 69.4 Å². The van der Waals surface area contributed by atoms with Gasteiger partial charge in [-0.1, -0.05) is 18.2 Å². The molecule has 1 aliphatic rings. The van der Waals surface area contributed by atoms with Crippen LogP contribution in [0.5, 0.6) is 0 Å². The lowest BCUT2D eigenvalue weighted by Gasteiger charge is -2.18. The Morgan fingerprint density at radius 2 is 2.00 bits per heavy atom. The number of anilines is 1. The quantitative estimate of drug-likeness (QED) is 0.226. The summed E-state index contributed by atoms with van der Waals surface area (Å²) in [6.07, 6.45) is 2.51. The first-order valence-corrected chi connectivity index (χ1v) is 9.28. The summed E-state index contributed by atoms with van der Waals surface area (Å²) in [6, 6.07) is 11.8. The number of aromatic nitrogens is 1. The Morgan fingerprint density at radius 1 is 1.17 bits per heavy atom. The predicted molar refractivity (Wildman–Crippen MR) is 115 cm³/mol. The lowest BCUT2D eigenvalue weighted by Crippen LogP contribution is -2.22. The summed E-state index contributed by atoms with van der Waals surface area (Å²) in [5, 5.41) is 22.5. The molecule has 0 aliphatic heterocycles. The summed E-state index contributed by atoms with van der Waals surface area (Å²) < 4.78 is 0. The van der Waals surface area contributed by atoms with Gasteiger partial charge in [0.1, 0.15) is 11.2 Å². The number of aryl methyl sites for hydroxylation is 1. The average Bonchev–Trinajstić information content (AvgIpc) is 3.16. The third kappa shape index (κ3) is 3.70. The van der Waals surface area contributed by atoms with Gasteiger partial charge in [0.15, 0.2) is 0 Å². The number of H-pyrrole nitrogens is 1. The minimum Gasteiger partial charge on any atom is -0.369 e. The molecule has 0 bridgehead atoms. The predicted octanol–water partition coefficient (Wildman–Crippen LogP) is 2.64. The van der Waals surface area contributed by atoms with Crippen LogP contribution in [0.4, 0.5) is 11.4 Å². The number of carbonyl (C=O) groups is 1. The maximum absolute atomic E-state index is 12.7. The van der Waals surface area contributed by atoms with Crippen LogP contribution in [0.2, 0.25) is 0 Å². The van der Waals surface area contributed by atoms with Crippen molar-refractivity contribution in [3.8, 4) is 0 Å². The molecule has 2 aromatic carbocycles. The van der Waals surface area contributed by atoms with Gasteiger partial charge in [-0.3, -0.25) is 14.9 Å². The first-order valence-electron chi connectivity index (χ1n) is 9.28. The van der Waals surface area contributed by atoms with Gasteiger partial charge >= 0.3 is 0 Å². The number of nitrogens with one attached hydrogen (secondary N) is 2. The fourth-order valence-electron chi connectivity index (χ4n) is 3.58. The van der Waals surface area contributed by atoms with Crippen LogP contribution < -0.4 is 16.8 Å². The van der Waals surface area contributed by atoms with Gasteiger partial charge in [0, 0.05) is 22.7 Å². The summed E-state index contributed by atoms with van der Waals surface area (Å²) in [5.74, 6) is -0.484. The SMILES string of the molecule is NC(N)=N/N=C1/CCCc2cc(NC(=O)c3cc4cccc([N+](=O)[O-])c4[nH]3)ccc21. The van der Waals surface area contributed by atoms with Crippen LogP contribution in [0, 0.1) is 10.1 Å². The van der Waals surface area contributed by atoms with Crippen molar-refractivity contribution in [2.24, 2.45) is 21.7 Å². The number of nitrogens with two attached hydrogens (primary N) is 2. The molecule has 4 rings (SSSR count). The minimum absolute atomic E-state index is 0.0760. The molecule has 1 heterocycles. The molecule has 30 heavy (non-hydrogen) atoms. The molecule has 6 N–H and O–H groups in total. The second kappa shape index (κ2) is 7.66. The van der Waals surface area contributed by atoms with Crippen molar-refractivity contribution < 1.29 is 9.72 Å². The maximum Gasteiger partial charge on any atom is 0.293 e. The molecule has 1 aliphatic carbocycles. The maximum atomic E-state index is 12.7. The zero-order valence-electron chi connectivity index (χ0n) is 15.9. The van der Waals surface area contributed by atoms with Crippen LogP contribution in [0.3, 0.4) is 0 Å². The second-order valence-corrected chi connectivity index (χ2v) is 6.93. The molecule has 10 nitrogen and oxygen atoms in total. The molecule has 0 atom stereocenters. The number of para-hydroxylation sites is 1. The van der Waals surface area contributed by atoms with E-state index in [1.165, 1.54) is 6.07 Å². The molecule has 1 aromatic heterocycles. The number of benzene rings is 2. The van der Waals surface area contributed by atoms with E-state index in [0.29, 0.717) is 16.6 Å². The molecule has 10 heteroatoms. The van der Waals surface area contributed by atoms with E-state index < -0.39 is 4.92 Å². The third-order valence-corrected chi connectivity index (χ3v) is 4.90. The number of guanidine groups is 1. The number of amides is 1. The minimum atomic E-state index is -0.481. The molecule has 0 fully saturated rings. The lowest BCUT2D eigenvalue weighted by atomic mass is 9.90. The van der Waals surface area contributed by atoms with Crippen molar-refractivity contribution in [1.29, 1.82) is 0 Å². The molecule has 0 saturated carbocycles. The number of hydrogen-bond donors (Lipinski definition) is 4. The number of nitrogens with zero attached hydrogens (tertiary/aromatic N) is 3. The van der Waals surface area contributed by atoms with Crippen molar-refractivity contribution in [3.63, 3.8) is 0 Å². The van der Waals surface area contributed by atoms with Crippen LogP contribution >= 0.6 is 0 Å². The first kappa shape index (κ1) is 19.1. The molecule has 0 saturated heterocycles. The van der Waals surface area contributed by atoms with Gasteiger partial charge in [0.05, 0.1) is 10.6 Å². The Kier molecular flexibility index (Phi) is 4.88. The van der Waals surface area contributed by atoms with Crippen molar-refractivity contribution in [1.82, 2.24) is 4.98 Å². The van der Waals surface area contributed by atoms with Crippen molar-refractivity contribution >= 4 is 39.9 Å². The highest BCUT2D eigenvalue weighted by molar-refractivity contribution is 6.08. The average molecular weight is 405 g/mol. The zero-order valence-corrected chi connectivity index (χ0v) is 15.9. The Bertz CT molecular complexity index is 1220. The Balaban J connectivity index is 1.59. The van der Waals surface area contributed by atoms with E-state index in [0.717, 1.165) is 36.1 Å². The van der Waals surface area contributed by atoms with E-state index in [1.807, 2.05) is 12.1 Å². The Hall–Kier alpha value is -4.21. The van der Waals surface area contributed by atoms with E-state index in [1.54, 1.807) is 24.3 Å². The smallest absolute Gasteiger partial charge is 0.293 e. The second-order valence-electron chi connectivity index (χ2n) is 6.93. The first-order chi connectivity index (χ1) is 14.4. The van der Waals surface area contributed by atoms with Crippen LogP contribution in [-0.4, -0.2) is 27.5 Å². The van der Waals surface area contributed by atoms with E-state index in [-0.39, 0.29) is 23.2 Å². The monoisotopic (exact) mass is 405 g/mol. The number of rotatable bonds is 4. The van der Waals surface area contributed by atoms with Gasteiger partial charge in [0.2, 0.25) is 5.96 Å². The standard InChI is InChI=1S/C20H19N7O3/c21-20(22)26-25-15-5-1-3-11-9-13(7-8-14(11)15)23-19(28)16-10-12-4-2-6-17(27(29)30)18(12)24-16/h2,4,6-10,24H,1,3,5H2,(H,23,28)(H4,21,22,26)/b25-15-. The zero-order chi connectivity index (χ0) is 21.3. The summed E-state index contributed by atoms with van der Waals surface area (Å²) in [7, 11) is 0. The van der Waals surface area contributed by atoms with Gasteiger partial charge in [-0.05, 0) is 43.0 Å². The number of nitro benzene ring substituents is 1. The topological polar surface area (TPSA) is 165 Å². The Labute approximate surface area is 170 Å². The number of carbonyl (C=O) groups excluding carboxylic acids is 1. The molecule has 0 spiro atoms. The molecular formula is C20H19N7O3. The van der Waals surface area contributed by atoms with Gasteiger partial charge in [-0.2, -0.15) is 5.10 Å². The van der Waals surface area contributed by atoms with Crippen molar-refractivity contribution in [2.75, 3.05) is 5.32 Å². The summed E-state index contributed by atoms with van der Waals surface area (Å²) in [6.45, 7) is 0. The van der Waals surface area contributed by atoms with Crippen LogP contribution in [0.1, 0.15) is 34.5 Å². The summed E-state index contributed by atoms with van der Waals surface area (Å²) in [5.41, 5.74) is 14.6. The van der Waals surface area contributed by atoms with E-state index >= 15 is 0 Å². The van der Waals surface area contributed by atoms with Gasteiger partial charge in [0.25, 0.3) is 11.6 Å². The highest BCUT2D eigenvalue weighted by Gasteiger charge is 2.19. The van der Waals surface area contributed by atoms with Crippen LogP contribution in [0.15, 0.2) is 52.7 Å². The Morgan fingerprint density at radius 3 is 2.77 bits per heavy atom.